The van der Waals surface area contributed by atoms with Gasteiger partial charge in [0.1, 0.15) is 5.75 Å². The van der Waals surface area contributed by atoms with E-state index in [1.165, 1.54) is 5.56 Å². The second kappa shape index (κ2) is 4.53. The maximum absolute atomic E-state index is 11.1. The quantitative estimate of drug-likeness (QED) is 0.807. The highest BCUT2D eigenvalue weighted by Gasteiger charge is 2.15. The molecule has 1 aromatic rings. The first-order valence-electron chi connectivity index (χ1n) is 5.46. The van der Waals surface area contributed by atoms with Gasteiger partial charge in [0.25, 0.3) is 5.91 Å². The molecule has 16 heavy (non-hydrogen) atoms. The van der Waals surface area contributed by atoms with Crippen LogP contribution in [0.5, 0.6) is 5.75 Å². The van der Waals surface area contributed by atoms with Crippen molar-refractivity contribution in [3.63, 3.8) is 0 Å². The third-order valence-corrected chi connectivity index (χ3v) is 2.57. The predicted molar refractivity (Wildman–Crippen MR) is 62.5 cm³/mol. The number of rotatable bonds is 3. The number of fused-ring (bicyclic) bond motifs is 1. The Morgan fingerprint density at radius 3 is 3.12 bits per heavy atom. The summed E-state index contributed by atoms with van der Waals surface area (Å²) in [7, 11) is 0. The van der Waals surface area contributed by atoms with Crippen LogP contribution >= 0.6 is 0 Å². The first-order chi connectivity index (χ1) is 7.65. The average Bonchev–Trinajstić information content (AvgIpc) is 2.25. The number of benzene rings is 1. The van der Waals surface area contributed by atoms with E-state index in [1.807, 2.05) is 25.1 Å². The van der Waals surface area contributed by atoms with Gasteiger partial charge in [-0.1, -0.05) is 6.07 Å². The van der Waals surface area contributed by atoms with Gasteiger partial charge in [0, 0.05) is 6.04 Å². The van der Waals surface area contributed by atoms with Crippen LogP contribution in [0.25, 0.3) is 0 Å². The van der Waals surface area contributed by atoms with Crippen molar-refractivity contribution in [3.8, 4) is 5.75 Å². The summed E-state index contributed by atoms with van der Waals surface area (Å²) in [5, 5.41) is 2.79. The van der Waals surface area contributed by atoms with E-state index in [0.717, 1.165) is 24.3 Å². The van der Waals surface area contributed by atoms with Gasteiger partial charge >= 0.3 is 0 Å². The molecule has 1 unspecified atom stereocenters. The molecule has 1 aromatic carbocycles. The van der Waals surface area contributed by atoms with Crippen molar-refractivity contribution in [2.24, 2.45) is 5.73 Å². The standard InChI is InChI=1S/C12H16N2O2/c1-8(13)2-3-9-4-5-11-10(6-9)14-12(15)7-16-11/h4-6,8H,2-3,7,13H2,1H3,(H,14,15). The topological polar surface area (TPSA) is 64.3 Å². The van der Waals surface area contributed by atoms with Crippen LogP contribution in [0.3, 0.4) is 0 Å². The Morgan fingerprint density at radius 1 is 1.56 bits per heavy atom. The number of hydrogen-bond donors (Lipinski definition) is 2. The highest BCUT2D eigenvalue weighted by molar-refractivity contribution is 5.95. The lowest BCUT2D eigenvalue weighted by Crippen LogP contribution is -2.25. The first-order valence-corrected chi connectivity index (χ1v) is 5.46. The number of amides is 1. The maximum atomic E-state index is 11.1. The molecule has 2 rings (SSSR count). The van der Waals surface area contributed by atoms with Crippen molar-refractivity contribution in [2.45, 2.75) is 25.8 Å². The Morgan fingerprint density at radius 2 is 2.38 bits per heavy atom. The summed E-state index contributed by atoms with van der Waals surface area (Å²) >= 11 is 0. The normalized spacial score (nSPS) is 16.0. The maximum Gasteiger partial charge on any atom is 0.262 e. The monoisotopic (exact) mass is 220 g/mol. The van der Waals surface area contributed by atoms with E-state index in [9.17, 15) is 4.79 Å². The van der Waals surface area contributed by atoms with Crippen LogP contribution in [0.2, 0.25) is 0 Å². The zero-order valence-electron chi connectivity index (χ0n) is 9.32. The van der Waals surface area contributed by atoms with Gasteiger partial charge in [-0.25, -0.2) is 0 Å². The van der Waals surface area contributed by atoms with Crippen molar-refractivity contribution < 1.29 is 9.53 Å². The lowest BCUT2D eigenvalue weighted by molar-refractivity contribution is -0.118. The Labute approximate surface area is 94.8 Å². The SMILES string of the molecule is CC(N)CCc1ccc2c(c1)NC(=O)CO2. The van der Waals surface area contributed by atoms with E-state index in [-0.39, 0.29) is 18.6 Å². The zero-order chi connectivity index (χ0) is 11.5. The van der Waals surface area contributed by atoms with Gasteiger partial charge in [-0.2, -0.15) is 0 Å². The molecule has 1 atom stereocenters. The fourth-order valence-electron chi connectivity index (χ4n) is 1.68. The van der Waals surface area contributed by atoms with Crippen molar-refractivity contribution in [2.75, 3.05) is 11.9 Å². The Bertz CT molecular complexity index is 402. The smallest absolute Gasteiger partial charge is 0.262 e. The second-order valence-electron chi connectivity index (χ2n) is 4.18. The van der Waals surface area contributed by atoms with Crippen molar-refractivity contribution in [3.05, 3.63) is 23.8 Å². The molecule has 4 heteroatoms. The molecule has 1 aliphatic rings. The molecule has 0 aromatic heterocycles. The van der Waals surface area contributed by atoms with Crippen LogP contribution in [-0.2, 0) is 11.2 Å². The van der Waals surface area contributed by atoms with Gasteiger partial charge in [-0.05, 0) is 37.5 Å². The van der Waals surface area contributed by atoms with Crippen LogP contribution in [0.1, 0.15) is 18.9 Å². The summed E-state index contributed by atoms with van der Waals surface area (Å²) in [6, 6.07) is 6.06. The minimum atomic E-state index is -0.100. The highest BCUT2D eigenvalue weighted by atomic mass is 16.5. The van der Waals surface area contributed by atoms with Crippen molar-refractivity contribution in [1.82, 2.24) is 0 Å². The predicted octanol–water partition coefficient (Wildman–Crippen LogP) is 1.30. The van der Waals surface area contributed by atoms with Crippen LogP contribution in [0, 0.1) is 0 Å². The Balaban J connectivity index is 2.12. The summed E-state index contributed by atoms with van der Waals surface area (Å²) in [5.41, 5.74) is 7.64. The van der Waals surface area contributed by atoms with Crippen LogP contribution in [-0.4, -0.2) is 18.6 Å². The molecule has 3 N–H and O–H groups in total. The summed E-state index contributed by atoms with van der Waals surface area (Å²) in [6.07, 6.45) is 1.86. The molecule has 1 heterocycles. The van der Waals surface area contributed by atoms with Crippen LogP contribution in [0.15, 0.2) is 18.2 Å². The van der Waals surface area contributed by atoms with Crippen LogP contribution in [0.4, 0.5) is 5.69 Å². The molecule has 0 saturated heterocycles. The number of nitrogens with one attached hydrogen (secondary N) is 1. The molecular weight excluding hydrogens is 204 g/mol. The van der Waals surface area contributed by atoms with Gasteiger partial charge in [0.15, 0.2) is 6.61 Å². The molecule has 86 valence electrons. The lowest BCUT2D eigenvalue weighted by Gasteiger charge is -2.18. The molecular formula is C12H16N2O2. The van der Waals surface area contributed by atoms with E-state index in [1.54, 1.807) is 0 Å². The fraction of sp³-hybridized carbons (Fsp3) is 0.417. The van der Waals surface area contributed by atoms with Gasteiger partial charge < -0.3 is 15.8 Å². The fourth-order valence-corrected chi connectivity index (χ4v) is 1.68. The number of nitrogens with two attached hydrogens (primary N) is 1. The Hall–Kier alpha value is -1.55. The highest BCUT2D eigenvalue weighted by Crippen LogP contribution is 2.28. The molecule has 0 fully saturated rings. The van der Waals surface area contributed by atoms with E-state index in [2.05, 4.69) is 5.32 Å². The number of anilines is 1. The average molecular weight is 220 g/mol. The lowest BCUT2D eigenvalue weighted by atomic mass is 10.1. The van der Waals surface area contributed by atoms with Gasteiger partial charge in [0.2, 0.25) is 0 Å². The van der Waals surface area contributed by atoms with Gasteiger partial charge in [0.05, 0.1) is 5.69 Å². The van der Waals surface area contributed by atoms with Gasteiger partial charge in [-0.3, -0.25) is 4.79 Å². The van der Waals surface area contributed by atoms with Crippen molar-refractivity contribution in [1.29, 1.82) is 0 Å². The number of hydrogen-bond acceptors (Lipinski definition) is 3. The molecule has 4 nitrogen and oxygen atoms in total. The minimum Gasteiger partial charge on any atom is -0.482 e. The molecule has 1 aliphatic heterocycles. The molecule has 0 spiro atoms. The first kappa shape index (κ1) is 11.0. The minimum absolute atomic E-state index is 0.100. The third kappa shape index (κ3) is 2.52. The number of carbonyl (C=O) groups is 1. The summed E-state index contributed by atoms with van der Waals surface area (Å²) < 4.78 is 5.28. The van der Waals surface area contributed by atoms with E-state index in [4.69, 9.17) is 10.5 Å². The third-order valence-electron chi connectivity index (χ3n) is 2.57. The van der Waals surface area contributed by atoms with E-state index >= 15 is 0 Å². The molecule has 0 saturated carbocycles. The van der Waals surface area contributed by atoms with E-state index < -0.39 is 0 Å². The van der Waals surface area contributed by atoms with E-state index in [0.29, 0.717) is 0 Å². The molecule has 0 bridgehead atoms. The number of aryl methyl sites for hydroxylation is 1. The Kier molecular flexibility index (Phi) is 3.10. The zero-order valence-corrected chi connectivity index (χ0v) is 9.32. The number of carbonyl (C=O) groups excluding carboxylic acids is 1. The summed E-state index contributed by atoms with van der Waals surface area (Å²) in [5.74, 6) is 0.640. The largest absolute Gasteiger partial charge is 0.482 e. The number of ether oxygens (including phenoxy) is 1. The molecule has 0 aliphatic carbocycles. The van der Waals surface area contributed by atoms with Gasteiger partial charge in [-0.15, -0.1) is 0 Å². The summed E-state index contributed by atoms with van der Waals surface area (Å²) in [4.78, 5) is 11.1. The van der Waals surface area contributed by atoms with Crippen molar-refractivity contribution >= 4 is 11.6 Å². The summed E-state index contributed by atoms with van der Waals surface area (Å²) in [6.45, 7) is 2.09. The van der Waals surface area contributed by atoms with Crippen LogP contribution < -0.4 is 15.8 Å². The molecule has 0 radical (unpaired) electrons. The molecule has 1 amide bonds. The second-order valence-corrected chi connectivity index (χ2v) is 4.18.